The Morgan fingerprint density at radius 2 is 1.71 bits per heavy atom. The lowest BCUT2D eigenvalue weighted by atomic mass is 10.1. The average Bonchev–Trinajstić information content (AvgIpc) is 2.23. The van der Waals surface area contributed by atoms with Crippen LogP contribution in [0, 0.1) is 5.92 Å². The number of hydrogen-bond acceptors (Lipinski definition) is 3. The summed E-state index contributed by atoms with van der Waals surface area (Å²) < 4.78 is 0. The lowest BCUT2D eigenvalue weighted by Crippen LogP contribution is -2.38. The molecule has 0 saturated heterocycles. The number of urea groups is 1. The minimum absolute atomic E-state index is 0.00868. The number of carboxylic acid groups (broad SMARTS) is 1. The van der Waals surface area contributed by atoms with Crippen LogP contribution in [0.3, 0.4) is 0 Å². The first-order valence-electron chi connectivity index (χ1n) is 5.86. The van der Waals surface area contributed by atoms with Crippen LogP contribution in [0.4, 0.5) is 4.79 Å². The van der Waals surface area contributed by atoms with Gasteiger partial charge in [-0.2, -0.15) is 0 Å². The van der Waals surface area contributed by atoms with E-state index in [1.165, 1.54) is 0 Å². The predicted octanol–water partition coefficient (Wildman–Crippen LogP) is 0.557. The summed E-state index contributed by atoms with van der Waals surface area (Å²) in [5.41, 5.74) is 0. The Labute approximate surface area is 101 Å². The summed E-state index contributed by atoms with van der Waals surface area (Å²) in [5.74, 6) is -0.658. The Bertz CT molecular complexity index is 244. The van der Waals surface area contributed by atoms with Gasteiger partial charge in [-0.1, -0.05) is 13.8 Å². The third-order valence-corrected chi connectivity index (χ3v) is 2.23. The number of hydrogen-bond donors (Lipinski definition) is 4. The molecule has 2 amide bonds. The van der Waals surface area contributed by atoms with Gasteiger partial charge in [0.05, 0.1) is 0 Å². The van der Waals surface area contributed by atoms with E-state index in [0.717, 1.165) is 12.8 Å². The summed E-state index contributed by atoms with van der Waals surface area (Å²) in [6.07, 6.45) is 0.562. The Kier molecular flexibility index (Phi) is 8.13. The van der Waals surface area contributed by atoms with E-state index in [0.29, 0.717) is 12.5 Å². The molecule has 0 aliphatic rings. The molecule has 0 radical (unpaired) electrons. The fourth-order valence-corrected chi connectivity index (χ4v) is 1.22. The highest BCUT2D eigenvalue weighted by Crippen LogP contribution is 2.01. The van der Waals surface area contributed by atoms with E-state index in [-0.39, 0.29) is 19.0 Å². The van der Waals surface area contributed by atoms with Crippen LogP contribution in [0.5, 0.6) is 0 Å². The first kappa shape index (κ1) is 15.7. The topological polar surface area (TPSA) is 98.7 Å². The van der Waals surface area contributed by atoms with Crippen molar-refractivity contribution < 1.29 is 19.8 Å². The predicted molar refractivity (Wildman–Crippen MR) is 63.7 cm³/mol. The smallest absolute Gasteiger partial charge is 0.332 e. The normalized spacial score (nSPS) is 12.2. The van der Waals surface area contributed by atoms with Crippen LogP contribution in [0.1, 0.15) is 33.1 Å². The van der Waals surface area contributed by atoms with Crippen LogP contribution in [0.2, 0.25) is 0 Å². The van der Waals surface area contributed by atoms with Gasteiger partial charge in [-0.3, -0.25) is 0 Å². The molecule has 6 heteroatoms. The largest absolute Gasteiger partial charge is 0.479 e. The molecule has 0 aromatic rings. The number of rotatable bonds is 8. The monoisotopic (exact) mass is 246 g/mol. The first-order chi connectivity index (χ1) is 7.93. The molecule has 1 atom stereocenters. The Hall–Kier alpha value is -1.30. The first-order valence-corrected chi connectivity index (χ1v) is 5.86. The van der Waals surface area contributed by atoms with Gasteiger partial charge in [0.15, 0.2) is 6.10 Å². The molecule has 0 aliphatic heterocycles. The van der Waals surface area contributed by atoms with Crippen molar-refractivity contribution in [2.45, 2.75) is 39.2 Å². The van der Waals surface area contributed by atoms with Crippen molar-refractivity contribution in [3.8, 4) is 0 Å². The molecule has 0 aliphatic carbocycles. The molecule has 17 heavy (non-hydrogen) atoms. The van der Waals surface area contributed by atoms with Crippen molar-refractivity contribution in [1.29, 1.82) is 0 Å². The van der Waals surface area contributed by atoms with E-state index < -0.39 is 12.1 Å². The second-order valence-corrected chi connectivity index (χ2v) is 4.36. The summed E-state index contributed by atoms with van der Waals surface area (Å²) in [6.45, 7) is 4.98. The zero-order valence-corrected chi connectivity index (χ0v) is 10.4. The Balaban J connectivity index is 3.44. The van der Waals surface area contributed by atoms with Gasteiger partial charge in [-0.25, -0.2) is 9.59 Å². The number of aliphatic hydroxyl groups is 1. The highest BCUT2D eigenvalue weighted by Gasteiger charge is 2.12. The van der Waals surface area contributed by atoms with Gasteiger partial charge in [-0.15, -0.1) is 0 Å². The van der Waals surface area contributed by atoms with Crippen molar-refractivity contribution in [2.24, 2.45) is 5.92 Å². The third-order valence-electron chi connectivity index (χ3n) is 2.23. The van der Waals surface area contributed by atoms with Crippen LogP contribution in [0.25, 0.3) is 0 Å². The van der Waals surface area contributed by atoms with Gasteiger partial charge >= 0.3 is 12.0 Å². The highest BCUT2D eigenvalue weighted by atomic mass is 16.4. The molecule has 4 N–H and O–H groups in total. The molecule has 0 heterocycles. The van der Waals surface area contributed by atoms with E-state index >= 15 is 0 Å². The summed E-state index contributed by atoms with van der Waals surface area (Å²) in [4.78, 5) is 21.5. The summed E-state index contributed by atoms with van der Waals surface area (Å²) in [6, 6.07) is -0.327. The molecule has 6 nitrogen and oxygen atoms in total. The van der Waals surface area contributed by atoms with Crippen molar-refractivity contribution >= 4 is 12.0 Å². The van der Waals surface area contributed by atoms with Gasteiger partial charge in [0, 0.05) is 19.5 Å². The molecule has 0 saturated carbocycles. The quantitative estimate of drug-likeness (QED) is 0.470. The SMILES string of the molecule is CC(C)CCCNC(=O)NCCC(O)C(=O)O. The minimum atomic E-state index is -1.42. The zero-order valence-electron chi connectivity index (χ0n) is 10.4. The number of carbonyl (C=O) groups excluding carboxylic acids is 1. The molecular formula is C11H22N2O4. The van der Waals surface area contributed by atoms with Gasteiger partial charge in [0.1, 0.15) is 0 Å². The molecule has 0 aromatic heterocycles. The van der Waals surface area contributed by atoms with E-state index in [4.69, 9.17) is 10.2 Å². The highest BCUT2D eigenvalue weighted by molar-refractivity contribution is 5.74. The van der Waals surface area contributed by atoms with Crippen molar-refractivity contribution in [3.63, 3.8) is 0 Å². The molecule has 0 rings (SSSR count). The molecule has 0 bridgehead atoms. The van der Waals surface area contributed by atoms with Crippen LogP contribution in [-0.2, 0) is 4.79 Å². The number of carboxylic acids is 1. The number of amides is 2. The molecule has 1 unspecified atom stereocenters. The van der Waals surface area contributed by atoms with E-state index in [1.807, 2.05) is 0 Å². The molecular weight excluding hydrogens is 224 g/mol. The van der Waals surface area contributed by atoms with Gasteiger partial charge in [-0.05, 0) is 18.8 Å². The molecule has 0 aromatic carbocycles. The second kappa shape index (κ2) is 8.81. The Morgan fingerprint density at radius 1 is 1.12 bits per heavy atom. The van der Waals surface area contributed by atoms with Crippen LogP contribution < -0.4 is 10.6 Å². The van der Waals surface area contributed by atoms with Gasteiger partial charge < -0.3 is 20.8 Å². The summed E-state index contributed by atoms with van der Waals surface area (Å²) in [5, 5.41) is 22.5. The molecule has 0 spiro atoms. The standard InChI is InChI=1S/C11H22N2O4/c1-8(2)4-3-6-12-11(17)13-7-5-9(14)10(15)16/h8-9,14H,3-7H2,1-2H3,(H,15,16)(H2,12,13,17). The van der Waals surface area contributed by atoms with Gasteiger partial charge in [0.2, 0.25) is 0 Å². The third kappa shape index (κ3) is 9.62. The lowest BCUT2D eigenvalue weighted by Gasteiger charge is -2.09. The minimum Gasteiger partial charge on any atom is -0.479 e. The summed E-state index contributed by atoms with van der Waals surface area (Å²) in [7, 11) is 0. The van der Waals surface area contributed by atoms with Gasteiger partial charge in [0.25, 0.3) is 0 Å². The lowest BCUT2D eigenvalue weighted by molar-refractivity contribution is -0.146. The maximum atomic E-state index is 11.2. The maximum Gasteiger partial charge on any atom is 0.332 e. The fourth-order valence-electron chi connectivity index (χ4n) is 1.22. The number of aliphatic carboxylic acids is 1. The number of carbonyl (C=O) groups is 2. The van der Waals surface area contributed by atoms with E-state index in [1.54, 1.807) is 0 Å². The number of nitrogens with one attached hydrogen (secondary N) is 2. The maximum absolute atomic E-state index is 11.2. The van der Waals surface area contributed by atoms with Crippen molar-refractivity contribution in [3.05, 3.63) is 0 Å². The van der Waals surface area contributed by atoms with Crippen LogP contribution in [0.15, 0.2) is 0 Å². The fraction of sp³-hybridized carbons (Fsp3) is 0.818. The van der Waals surface area contributed by atoms with Crippen LogP contribution >= 0.6 is 0 Å². The van der Waals surface area contributed by atoms with E-state index in [2.05, 4.69) is 24.5 Å². The van der Waals surface area contributed by atoms with E-state index in [9.17, 15) is 9.59 Å². The van der Waals surface area contributed by atoms with Crippen molar-refractivity contribution in [2.75, 3.05) is 13.1 Å². The average molecular weight is 246 g/mol. The molecule has 100 valence electrons. The number of aliphatic hydroxyl groups excluding tert-OH is 1. The molecule has 0 fully saturated rings. The second-order valence-electron chi connectivity index (χ2n) is 4.36. The van der Waals surface area contributed by atoms with Crippen LogP contribution in [-0.4, -0.2) is 41.4 Å². The van der Waals surface area contributed by atoms with Crippen molar-refractivity contribution in [1.82, 2.24) is 10.6 Å². The summed E-state index contributed by atoms with van der Waals surface area (Å²) >= 11 is 0. The Morgan fingerprint density at radius 3 is 2.24 bits per heavy atom. The zero-order chi connectivity index (χ0) is 13.3.